The van der Waals surface area contributed by atoms with Gasteiger partial charge in [-0.3, -0.25) is 4.79 Å². The van der Waals surface area contributed by atoms with Crippen LogP contribution in [-0.2, 0) is 12.8 Å². The second-order valence-corrected chi connectivity index (χ2v) is 10.00. The van der Waals surface area contributed by atoms with Crippen LogP contribution in [-0.4, -0.2) is 53.1 Å². The van der Waals surface area contributed by atoms with Crippen LogP contribution in [0, 0.1) is 0 Å². The van der Waals surface area contributed by atoms with E-state index in [2.05, 4.69) is 0 Å². The zero-order chi connectivity index (χ0) is 28.5. The molecule has 0 saturated heterocycles. The van der Waals surface area contributed by atoms with Crippen LogP contribution in [0.2, 0.25) is 0 Å². The fourth-order valence-electron chi connectivity index (χ4n) is 5.46. The van der Waals surface area contributed by atoms with Gasteiger partial charge in [0, 0.05) is 59.2 Å². The maximum Gasteiger partial charge on any atom is 0.179 e. The molecule has 4 atom stereocenters. The van der Waals surface area contributed by atoms with Gasteiger partial charge in [0.1, 0.15) is 40.6 Å². The van der Waals surface area contributed by atoms with E-state index in [-0.39, 0.29) is 80.4 Å². The van der Waals surface area contributed by atoms with Crippen LogP contribution < -0.4 is 14.9 Å². The first kappa shape index (κ1) is 25.4. The number of aromatic hydroxyl groups is 6. The van der Waals surface area contributed by atoms with Crippen LogP contribution in [0.3, 0.4) is 0 Å². The van der Waals surface area contributed by atoms with E-state index < -0.39 is 41.3 Å². The molecule has 0 radical (unpaired) electrons. The van der Waals surface area contributed by atoms with E-state index in [1.165, 1.54) is 30.3 Å². The van der Waals surface area contributed by atoms with Gasteiger partial charge < -0.3 is 50.3 Å². The minimum absolute atomic E-state index is 0.0516. The molecule has 2 aliphatic heterocycles. The maximum absolute atomic E-state index is 12.9. The van der Waals surface area contributed by atoms with Gasteiger partial charge in [-0.25, -0.2) is 0 Å². The van der Waals surface area contributed by atoms with Crippen LogP contribution in [0.25, 0.3) is 10.8 Å². The predicted molar refractivity (Wildman–Crippen MR) is 139 cm³/mol. The first-order valence-electron chi connectivity index (χ1n) is 12.3. The Hall–Kier alpha value is -4.87. The van der Waals surface area contributed by atoms with E-state index in [0.29, 0.717) is 0 Å². The maximum atomic E-state index is 12.9. The summed E-state index contributed by atoms with van der Waals surface area (Å²) in [5.41, 5.74) is 0.298. The smallest absolute Gasteiger partial charge is 0.179 e. The van der Waals surface area contributed by atoms with Crippen molar-refractivity contribution in [2.24, 2.45) is 0 Å². The molecule has 8 N–H and O–H groups in total. The van der Waals surface area contributed by atoms with Gasteiger partial charge in [-0.05, 0) is 35.2 Å². The van der Waals surface area contributed by atoms with Gasteiger partial charge in [0.25, 0.3) is 0 Å². The summed E-state index contributed by atoms with van der Waals surface area (Å²) in [6.45, 7) is 0. The Morgan fingerprint density at radius 3 is 1.75 bits per heavy atom. The Morgan fingerprint density at radius 1 is 0.600 bits per heavy atom. The molecule has 0 aliphatic carbocycles. The van der Waals surface area contributed by atoms with Crippen molar-refractivity contribution >= 4 is 10.8 Å². The summed E-state index contributed by atoms with van der Waals surface area (Å²) in [6, 6.07) is 9.68. The summed E-state index contributed by atoms with van der Waals surface area (Å²) in [5.74, 6) is -2.02. The minimum Gasteiger partial charge on any atom is -0.508 e. The second kappa shape index (κ2) is 9.11. The van der Waals surface area contributed by atoms with Gasteiger partial charge in [-0.1, -0.05) is 0 Å². The minimum atomic E-state index is -1.25. The van der Waals surface area contributed by atoms with Crippen LogP contribution in [0.1, 0.15) is 34.5 Å². The number of ether oxygens (including phenoxy) is 2. The number of aliphatic hydroxyl groups excluding tert-OH is 2. The predicted octanol–water partition coefficient (Wildman–Crippen LogP) is 2.51. The van der Waals surface area contributed by atoms with Crippen molar-refractivity contribution in [1.82, 2.24) is 0 Å². The van der Waals surface area contributed by atoms with Crippen molar-refractivity contribution in [2.45, 2.75) is 37.3 Å². The summed E-state index contributed by atoms with van der Waals surface area (Å²) >= 11 is 0. The highest BCUT2D eigenvalue weighted by Crippen LogP contribution is 2.47. The highest BCUT2D eigenvalue weighted by molar-refractivity contribution is 5.93. The lowest BCUT2D eigenvalue weighted by Crippen LogP contribution is -2.31. The zero-order valence-electron chi connectivity index (χ0n) is 20.6. The van der Waals surface area contributed by atoms with Gasteiger partial charge in [0.2, 0.25) is 0 Å². The molecule has 2 heterocycles. The number of fused-ring (bicyclic) bond motifs is 3. The van der Waals surface area contributed by atoms with E-state index in [4.69, 9.17) is 9.47 Å². The highest BCUT2D eigenvalue weighted by atomic mass is 16.5. The quantitative estimate of drug-likeness (QED) is 0.171. The monoisotopic (exact) mass is 548 g/mol. The lowest BCUT2D eigenvalue weighted by Gasteiger charge is -2.32. The third-order valence-corrected chi connectivity index (χ3v) is 7.31. The molecule has 4 aromatic carbocycles. The first-order valence-corrected chi connectivity index (χ1v) is 12.3. The van der Waals surface area contributed by atoms with Gasteiger partial charge in [-0.2, -0.15) is 0 Å². The van der Waals surface area contributed by atoms with E-state index in [1.807, 2.05) is 0 Å². The molecule has 1 unspecified atom stereocenters. The Labute approximate surface area is 225 Å². The van der Waals surface area contributed by atoms with Crippen molar-refractivity contribution in [3.63, 3.8) is 0 Å². The lowest BCUT2D eigenvalue weighted by molar-refractivity contribution is 0.0194. The van der Waals surface area contributed by atoms with Gasteiger partial charge in [0.15, 0.2) is 23.0 Å². The Kier molecular flexibility index (Phi) is 5.79. The van der Waals surface area contributed by atoms with E-state index >= 15 is 0 Å². The summed E-state index contributed by atoms with van der Waals surface area (Å²) in [7, 11) is 0. The van der Waals surface area contributed by atoms with Crippen molar-refractivity contribution < 1.29 is 50.3 Å². The fourth-order valence-corrected chi connectivity index (χ4v) is 5.46. The number of rotatable bonds is 2. The molecule has 0 aromatic heterocycles. The third-order valence-electron chi connectivity index (χ3n) is 7.31. The Balaban J connectivity index is 1.53. The Morgan fingerprint density at radius 2 is 1.15 bits per heavy atom. The molecule has 4 aromatic rings. The van der Waals surface area contributed by atoms with Crippen LogP contribution in [0.15, 0.2) is 53.3 Å². The molecule has 206 valence electrons. The van der Waals surface area contributed by atoms with Crippen LogP contribution in [0.4, 0.5) is 0 Å². The van der Waals surface area contributed by atoms with E-state index in [1.54, 1.807) is 0 Å². The summed E-state index contributed by atoms with van der Waals surface area (Å²) < 4.78 is 11.9. The van der Waals surface area contributed by atoms with Crippen molar-refractivity contribution in [2.75, 3.05) is 0 Å². The normalized spacial score (nSPS) is 21.6. The number of phenolic OH excluding ortho intramolecular Hbond substituents is 6. The van der Waals surface area contributed by atoms with Crippen molar-refractivity contribution in [3.8, 4) is 46.0 Å². The largest absolute Gasteiger partial charge is 0.508 e. The zero-order valence-corrected chi connectivity index (χ0v) is 20.6. The SMILES string of the molecule is O=c1cc(C2Oc3cc(O)cc(O)c3C[C@H]2O)cc2c([C@H]3Oc4cc(O)cc(O)c4C[C@H]3O)cc(O)c(O)c2c1. The molecule has 6 rings (SSSR count). The van der Waals surface area contributed by atoms with Gasteiger partial charge >= 0.3 is 0 Å². The average molecular weight is 549 g/mol. The fraction of sp³-hybridized carbons (Fsp3) is 0.207. The van der Waals surface area contributed by atoms with E-state index in [9.17, 15) is 45.6 Å². The number of hydrogen-bond donors (Lipinski definition) is 8. The molecular formula is C29H24O11. The molecule has 0 amide bonds. The molecular weight excluding hydrogens is 524 g/mol. The van der Waals surface area contributed by atoms with Crippen molar-refractivity contribution in [1.29, 1.82) is 0 Å². The number of hydrogen-bond acceptors (Lipinski definition) is 11. The molecule has 2 aliphatic rings. The molecule has 0 fully saturated rings. The molecule has 11 heteroatoms. The van der Waals surface area contributed by atoms with Crippen LogP contribution in [0.5, 0.6) is 46.0 Å². The Bertz CT molecular complexity index is 1750. The van der Waals surface area contributed by atoms with E-state index in [0.717, 1.165) is 18.2 Å². The third kappa shape index (κ3) is 4.12. The molecule has 0 spiro atoms. The number of aliphatic hydroxyl groups is 2. The standard InChI is InChI=1S/C29H24O11/c30-12-1-11(28-23(36)9-18-20(33)4-13(31)6-25(18)39-28)2-15-16(3-12)27(38)22(35)8-17(15)29-24(37)10-19-21(34)5-14(32)7-26(19)40-29/h1-8,23-24,28-29,31-38H,9-10H2/t23-,24-,28?,29-/m1/s1. The summed E-state index contributed by atoms with van der Waals surface area (Å²) in [5, 5.41) is 83.5. The first-order chi connectivity index (χ1) is 19.0. The topological polar surface area (TPSA) is 197 Å². The van der Waals surface area contributed by atoms with Crippen LogP contribution >= 0.6 is 0 Å². The number of benzene rings is 3. The summed E-state index contributed by atoms with van der Waals surface area (Å²) in [4.78, 5) is 12.9. The second-order valence-electron chi connectivity index (χ2n) is 10.00. The van der Waals surface area contributed by atoms with Gasteiger partial charge in [-0.15, -0.1) is 0 Å². The molecule has 0 bridgehead atoms. The molecule has 40 heavy (non-hydrogen) atoms. The lowest BCUT2D eigenvalue weighted by atomic mass is 9.90. The average Bonchev–Trinajstić information content (AvgIpc) is 3.05. The van der Waals surface area contributed by atoms with Crippen molar-refractivity contribution in [3.05, 3.63) is 81.0 Å². The molecule has 11 nitrogen and oxygen atoms in total. The summed E-state index contributed by atoms with van der Waals surface area (Å²) in [6.07, 6.45) is -4.88. The number of phenols is 6. The highest BCUT2D eigenvalue weighted by Gasteiger charge is 2.36. The molecule has 0 saturated carbocycles. The van der Waals surface area contributed by atoms with Gasteiger partial charge in [0.05, 0.1) is 12.2 Å².